The summed E-state index contributed by atoms with van der Waals surface area (Å²) in [4.78, 5) is 12.6. The van der Waals surface area contributed by atoms with Gasteiger partial charge < -0.3 is 5.11 Å². The van der Waals surface area contributed by atoms with E-state index in [1.165, 1.54) is 13.0 Å². The molecule has 0 radical (unpaired) electrons. The molecule has 0 fully saturated rings. The molecule has 8 heteroatoms. The summed E-state index contributed by atoms with van der Waals surface area (Å²) < 4.78 is 1.10. The van der Waals surface area contributed by atoms with E-state index in [4.69, 9.17) is 23.2 Å². The summed E-state index contributed by atoms with van der Waals surface area (Å²) in [6, 6.07) is 6.21. The smallest absolute Gasteiger partial charge is 0.281 e. The van der Waals surface area contributed by atoms with Crippen LogP contribution in [0.4, 0.5) is 11.4 Å². The van der Waals surface area contributed by atoms with E-state index in [2.05, 4.69) is 10.2 Å². The highest BCUT2D eigenvalue weighted by Crippen LogP contribution is 2.31. The van der Waals surface area contributed by atoms with Crippen LogP contribution in [0.1, 0.15) is 31.0 Å². The quantitative estimate of drug-likeness (QED) is 0.773. The molecule has 0 spiro atoms. The van der Waals surface area contributed by atoms with E-state index in [-0.39, 0.29) is 33.8 Å². The van der Waals surface area contributed by atoms with Crippen LogP contribution in [0.2, 0.25) is 10.0 Å². The van der Waals surface area contributed by atoms with E-state index in [9.17, 15) is 15.2 Å². The predicted octanol–water partition coefficient (Wildman–Crippen LogP) is 5.04. The third-order valence-corrected chi connectivity index (χ3v) is 3.94. The van der Waals surface area contributed by atoms with Crippen molar-refractivity contribution in [3.63, 3.8) is 0 Å². The lowest BCUT2D eigenvalue weighted by molar-refractivity contribution is 0.386. The second kappa shape index (κ2) is 7.04. The topological polar surface area (TPSA) is 90.7 Å². The molecule has 0 aliphatic heterocycles. The van der Waals surface area contributed by atoms with Gasteiger partial charge in [-0.25, -0.2) is 0 Å². The maximum atomic E-state index is 12.6. The zero-order valence-corrected chi connectivity index (χ0v) is 14.7. The standard InChI is InChI=1S/C16H14Cl2N4O2/c1-8(2)22-15(23)11(7-19)9(3)14(16(22)24)21-20-13-5-4-10(17)6-12(13)18/h4-6,8,23H,1-3H3. The van der Waals surface area contributed by atoms with Crippen LogP contribution in [0.25, 0.3) is 0 Å². The Bertz CT molecular complexity index is 927. The predicted molar refractivity (Wildman–Crippen MR) is 92.8 cm³/mol. The van der Waals surface area contributed by atoms with Gasteiger partial charge in [0, 0.05) is 16.6 Å². The molecular formula is C16H14Cl2N4O2. The van der Waals surface area contributed by atoms with Gasteiger partial charge in [-0.15, -0.1) is 10.2 Å². The minimum Gasteiger partial charge on any atom is -0.493 e. The van der Waals surface area contributed by atoms with Crippen LogP contribution < -0.4 is 5.56 Å². The molecule has 1 N–H and O–H groups in total. The van der Waals surface area contributed by atoms with Gasteiger partial charge in [0.15, 0.2) is 5.69 Å². The van der Waals surface area contributed by atoms with Gasteiger partial charge in [-0.3, -0.25) is 9.36 Å². The van der Waals surface area contributed by atoms with Gasteiger partial charge in [0.05, 0.1) is 5.02 Å². The Balaban J connectivity index is 2.66. The van der Waals surface area contributed by atoms with Gasteiger partial charge in [0.25, 0.3) is 5.56 Å². The maximum absolute atomic E-state index is 12.6. The number of nitriles is 1. The van der Waals surface area contributed by atoms with Crippen molar-refractivity contribution in [1.29, 1.82) is 5.26 Å². The number of pyridine rings is 1. The molecule has 2 rings (SSSR count). The molecular weight excluding hydrogens is 351 g/mol. The van der Waals surface area contributed by atoms with Crippen molar-refractivity contribution in [2.24, 2.45) is 10.2 Å². The van der Waals surface area contributed by atoms with Gasteiger partial charge in [0.2, 0.25) is 5.88 Å². The molecule has 0 aliphatic rings. The van der Waals surface area contributed by atoms with Crippen molar-refractivity contribution in [2.45, 2.75) is 26.8 Å². The van der Waals surface area contributed by atoms with Gasteiger partial charge in [-0.1, -0.05) is 23.2 Å². The van der Waals surface area contributed by atoms with Crippen molar-refractivity contribution in [2.75, 3.05) is 0 Å². The Morgan fingerprint density at radius 2 is 1.96 bits per heavy atom. The minimum atomic E-state index is -0.534. The number of aromatic nitrogens is 1. The van der Waals surface area contributed by atoms with Crippen molar-refractivity contribution >= 4 is 34.6 Å². The lowest BCUT2D eigenvalue weighted by Crippen LogP contribution is -2.23. The monoisotopic (exact) mass is 364 g/mol. The first kappa shape index (κ1) is 18.0. The van der Waals surface area contributed by atoms with Crippen LogP contribution in [-0.4, -0.2) is 9.67 Å². The molecule has 24 heavy (non-hydrogen) atoms. The molecule has 0 atom stereocenters. The lowest BCUT2D eigenvalue weighted by Gasteiger charge is -2.15. The molecule has 0 amide bonds. The first-order chi connectivity index (χ1) is 11.3. The Morgan fingerprint density at radius 1 is 1.29 bits per heavy atom. The summed E-state index contributed by atoms with van der Waals surface area (Å²) in [5.41, 5.74) is 0.0182. The molecule has 0 unspecified atom stereocenters. The van der Waals surface area contributed by atoms with E-state index in [0.717, 1.165) is 4.57 Å². The molecule has 0 saturated carbocycles. The summed E-state index contributed by atoms with van der Waals surface area (Å²) in [5, 5.41) is 28.1. The molecule has 0 bridgehead atoms. The molecule has 6 nitrogen and oxygen atoms in total. The fourth-order valence-corrected chi connectivity index (χ4v) is 2.62. The van der Waals surface area contributed by atoms with Crippen LogP contribution in [0.3, 0.4) is 0 Å². The van der Waals surface area contributed by atoms with Gasteiger partial charge in [0.1, 0.15) is 17.3 Å². The number of halogens is 2. The highest BCUT2D eigenvalue weighted by atomic mass is 35.5. The zero-order chi connectivity index (χ0) is 18.0. The highest BCUT2D eigenvalue weighted by Gasteiger charge is 2.20. The number of hydrogen-bond donors (Lipinski definition) is 1. The molecule has 0 aliphatic carbocycles. The Labute approximate surface area is 148 Å². The van der Waals surface area contributed by atoms with E-state index in [1.54, 1.807) is 26.0 Å². The Kier molecular flexibility index (Phi) is 5.27. The first-order valence-electron chi connectivity index (χ1n) is 7.02. The molecule has 2 aromatic rings. The molecule has 0 saturated heterocycles. The normalized spacial score (nSPS) is 11.2. The average molecular weight is 365 g/mol. The van der Waals surface area contributed by atoms with Crippen LogP contribution in [-0.2, 0) is 0 Å². The zero-order valence-electron chi connectivity index (χ0n) is 13.2. The summed E-state index contributed by atoms with van der Waals surface area (Å²) in [6.45, 7) is 4.96. The summed E-state index contributed by atoms with van der Waals surface area (Å²) in [5.74, 6) is -0.376. The van der Waals surface area contributed by atoms with E-state index in [0.29, 0.717) is 10.7 Å². The second-order valence-corrected chi connectivity index (χ2v) is 6.19. The number of benzene rings is 1. The van der Waals surface area contributed by atoms with E-state index in [1.807, 2.05) is 6.07 Å². The fourth-order valence-electron chi connectivity index (χ4n) is 2.17. The van der Waals surface area contributed by atoms with Crippen molar-refractivity contribution in [3.8, 4) is 11.9 Å². The lowest BCUT2D eigenvalue weighted by atomic mass is 10.1. The Morgan fingerprint density at radius 3 is 2.50 bits per heavy atom. The first-order valence-corrected chi connectivity index (χ1v) is 7.78. The molecule has 1 aromatic heterocycles. The highest BCUT2D eigenvalue weighted by molar-refractivity contribution is 6.36. The number of aromatic hydroxyl groups is 1. The maximum Gasteiger partial charge on any atom is 0.281 e. The SMILES string of the molecule is Cc1c(C#N)c(O)n(C(C)C)c(=O)c1N=Nc1ccc(Cl)cc1Cl. The third-order valence-electron chi connectivity index (χ3n) is 3.40. The second-order valence-electron chi connectivity index (χ2n) is 5.35. The number of rotatable bonds is 3. The minimum absolute atomic E-state index is 0.0144. The summed E-state index contributed by atoms with van der Waals surface area (Å²) >= 11 is 11.9. The number of nitrogens with zero attached hydrogens (tertiary/aromatic N) is 4. The molecule has 1 heterocycles. The van der Waals surface area contributed by atoms with Gasteiger partial charge in [-0.2, -0.15) is 5.26 Å². The number of azo groups is 1. The molecule has 124 valence electrons. The van der Waals surface area contributed by atoms with Crippen LogP contribution in [0, 0.1) is 18.3 Å². The van der Waals surface area contributed by atoms with Crippen molar-refractivity contribution in [3.05, 3.63) is 49.7 Å². The van der Waals surface area contributed by atoms with E-state index >= 15 is 0 Å². The molecule has 1 aromatic carbocycles. The van der Waals surface area contributed by atoms with Crippen molar-refractivity contribution < 1.29 is 5.11 Å². The third kappa shape index (κ3) is 3.28. The van der Waals surface area contributed by atoms with E-state index < -0.39 is 5.56 Å². The van der Waals surface area contributed by atoms with Crippen molar-refractivity contribution in [1.82, 2.24) is 4.57 Å². The largest absolute Gasteiger partial charge is 0.493 e. The Hall–Kier alpha value is -2.36. The van der Waals surface area contributed by atoms with Crippen LogP contribution in [0.5, 0.6) is 5.88 Å². The van der Waals surface area contributed by atoms with Crippen LogP contribution >= 0.6 is 23.2 Å². The summed E-state index contributed by atoms with van der Waals surface area (Å²) in [6.07, 6.45) is 0. The average Bonchev–Trinajstić information content (AvgIpc) is 2.49. The van der Waals surface area contributed by atoms with Gasteiger partial charge >= 0.3 is 0 Å². The summed E-state index contributed by atoms with van der Waals surface area (Å²) in [7, 11) is 0. The number of hydrogen-bond acceptors (Lipinski definition) is 5. The van der Waals surface area contributed by atoms with Gasteiger partial charge in [-0.05, 0) is 39.0 Å². The fraction of sp³-hybridized carbons (Fsp3) is 0.250. The van der Waals surface area contributed by atoms with Crippen LogP contribution in [0.15, 0.2) is 33.2 Å².